The summed E-state index contributed by atoms with van der Waals surface area (Å²) < 4.78 is 8.04. The van der Waals surface area contributed by atoms with Gasteiger partial charge in [0.2, 0.25) is 0 Å². The molecule has 0 fully saturated rings. The van der Waals surface area contributed by atoms with Crippen molar-refractivity contribution in [2.75, 3.05) is 12.4 Å². The van der Waals surface area contributed by atoms with Crippen molar-refractivity contribution in [3.63, 3.8) is 0 Å². The van der Waals surface area contributed by atoms with Crippen LogP contribution in [0.15, 0.2) is 58.9 Å². The first kappa shape index (κ1) is 20.5. The number of para-hydroxylation sites is 1. The van der Waals surface area contributed by atoms with Crippen molar-refractivity contribution < 1.29 is 14.6 Å². The first-order valence-corrected chi connectivity index (χ1v) is 9.01. The predicted octanol–water partition coefficient (Wildman–Crippen LogP) is 2.74. The number of methoxy groups -OCH3 is 1. The molecule has 3 aromatic rings. The molecule has 0 aliphatic rings. The van der Waals surface area contributed by atoms with E-state index in [0.717, 1.165) is 0 Å². The summed E-state index contributed by atoms with van der Waals surface area (Å²) in [6.07, 6.45) is 1.32. The van der Waals surface area contributed by atoms with Crippen molar-refractivity contribution in [1.29, 1.82) is 5.26 Å². The number of nitrogens with one attached hydrogen (secondary N) is 1. The summed E-state index contributed by atoms with van der Waals surface area (Å²) in [5.74, 6) is -0.566. The molecule has 3 rings (SSSR count). The monoisotopic (exact) mass is 404 g/mol. The number of anilines is 1. The van der Waals surface area contributed by atoms with Crippen LogP contribution < -0.4 is 15.6 Å². The average molecular weight is 404 g/mol. The first-order chi connectivity index (χ1) is 14.4. The Morgan fingerprint density at radius 1 is 1.23 bits per heavy atom. The molecule has 152 valence electrons. The molecule has 2 aromatic carbocycles. The van der Waals surface area contributed by atoms with Gasteiger partial charge in [-0.25, -0.2) is 4.68 Å². The number of nitriles is 1. The number of ether oxygens (including phenoxy) is 1. The first-order valence-electron chi connectivity index (χ1n) is 9.01. The molecule has 0 bridgehead atoms. The Morgan fingerprint density at radius 3 is 2.53 bits per heavy atom. The number of phenolic OH excluding ortho intramolecular Hbond substituents is 1. The fourth-order valence-electron chi connectivity index (χ4n) is 3.01. The third-order valence-electron chi connectivity index (χ3n) is 4.67. The molecule has 0 aliphatic carbocycles. The Hall–Kier alpha value is -4.25. The van der Waals surface area contributed by atoms with E-state index in [0.29, 0.717) is 16.9 Å². The molecule has 0 aliphatic heterocycles. The molecule has 0 saturated carbocycles. The average Bonchev–Trinajstić information content (AvgIpc) is 2.95. The number of aromatic nitrogens is 2. The Balaban J connectivity index is 1.94. The van der Waals surface area contributed by atoms with Crippen molar-refractivity contribution in [2.45, 2.75) is 6.92 Å². The number of hydrogen-bond donors (Lipinski definition) is 2. The van der Waals surface area contributed by atoms with Gasteiger partial charge < -0.3 is 15.2 Å². The van der Waals surface area contributed by atoms with Gasteiger partial charge in [-0.15, -0.1) is 0 Å². The molecule has 8 nitrogen and oxygen atoms in total. The molecular formula is C22H20N4O4. The van der Waals surface area contributed by atoms with Gasteiger partial charge in [-0.1, -0.05) is 24.3 Å². The van der Waals surface area contributed by atoms with E-state index in [9.17, 15) is 20.0 Å². The molecule has 1 aromatic heterocycles. The molecule has 1 amide bonds. The van der Waals surface area contributed by atoms with Gasteiger partial charge >= 0.3 is 0 Å². The number of carbonyl (C=O) groups excluding carboxylic acids is 1. The van der Waals surface area contributed by atoms with Gasteiger partial charge in [0.15, 0.2) is 11.5 Å². The van der Waals surface area contributed by atoms with E-state index in [4.69, 9.17) is 4.74 Å². The number of amides is 1. The van der Waals surface area contributed by atoms with Gasteiger partial charge in [-0.05, 0) is 42.8 Å². The van der Waals surface area contributed by atoms with Gasteiger partial charge in [0.1, 0.15) is 17.3 Å². The van der Waals surface area contributed by atoms with Crippen molar-refractivity contribution in [1.82, 2.24) is 9.36 Å². The Kier molecular flexibility index (Phi) is 5.74. The summed E-state index contributed by atoms with van der Waals surface area (Å²) in [4.78, 5) is 25.6. The third-order valence-corrected chi connectivity index (χ3v) is 4.67. The minimum atomic E-state index is -0.723. The SMILES string of the molecule is COc1ccc(/C=C(/C#N)C(=O)Nc2c(C)n(C)n(-c3ccccc3)c2=O)cc1O. The van der Waals surface area contributed by atoms with E-state index in [2.05, 4.69) is 5.32 Å². The maximum atomic E-state index is 12.9. The second kappa shape index (κ2) is 8.41. The summed E-state index contributed by atoms with van der Waals surface area (Å²) >= 11 is 0. The van der Waals surface area contributed by atoms with E-state index in [-0.39, 0.29) is 22.8 Å². The summed E-state index contributed by atoms with van der Waals surface area (Å²) in [5, 5.41) is 21.9. The molecule has 0 radical (unpaired) electrons. The highest BCUT2D eigenvalue weighted by Gasteiger charge is 2.20. The van der Waals surface area contributed by atoms with Crippen molar-refractivity contribution in [3.8, 4) is 23.3 Å². The second-order valence-corrected chi connectivity index (χ2v) is 6.49. The van der Waals surface area contributed by atoms with Gasteiger partial charge in [0, 0.05) is 7.05 Å². The third kappa shape index (κ3) is 3.82. The molecule has 30 heavy (non-hydrogen) atoms. The lowest BCUT2D eigenvalue weighted by Crippen LogP contribution is -2.23. The highest BCUT2D eigenvalue weighted by Crippen LogP contribution is 2.27. The molecule has 0 spiro atoms. The molecule has 1 heterocycles. The molecule has 0 atom stereocenters. The summed E-state index contributed by atoms with van der Waals surface area (Å²) in [6, 6.07) is 15.3. The maximum absolute atomic E-state index is 12.9. The van der Waals surface area contributed by atoms with Gasteiger partial charge in [-0.2, -0.15) is 5.26 Å². The zero-order valence-electron chi connectivity index (χ0n) is 16.7. The van der Waals surface area contributed by atoms with Crippen molar-refractivity contribution >= 4 is 17.7 Å². The highest BCUT2D eigenvalue weighted by molar-refractivity contribution is 6.09. The lowest BCUT2D eigenvalue weighted by atomic mass is 10.1. The topological polar surface area (TPSA) is 109 Å². The van der Waals surface area contributed by atoms with Gasteiger partial charge in [0.05, 0.1) is 18.5 Å². The van der Waals surface area contributed by atoms with Crippen LogP contribution in [0.1, 0.15) is 11.3 Å². The number of aromatic hydroxyl groups is 1. The van der Waals surface area contributed by atoms with Crippen molar-refractivity contribution in [2.24, 2.45) is 7.05 Å². The Bertz CT molecular complexity index is 1230. The van der Waals surface area contributed by atoms with E-state index in [1.165, 1.54) is 30.0 Å². The number of nitrogens with zero attached hydrogens (tertiary/aromatic N) is 3. The zero-order valence-corrected chi connectivity index (χ0v) is 16.7. The van der Waals surface area contributed by atoms with Crippen LogP contribution in [0.3, 0.4) is 0 Å². The fourth-order valence-corrected chi connectivity index (χ4v) is 3.01. The van der Waals surface area contributed by atoms with Crippen LogP contribution in [0, 0.1) is 18.3 Å². The van der Waals surface area contributed by atoms with Crippen LogP contribution in [-0.4, -0.2) is 27.5 Å². The smallest absolute Gasteiger partial charge is 0.295 e. The molecule has 2 N–H and O–H groups in total. The van der Waals surface area contributed by atoms with Crippen LogP contribution in [-0.2, 0) is 11.8 Å². The second-order valence-electron chi connectivity index (χ2n) is 6.49. The van der Waals surface area contributed by atoms with E-state index in [1.807, 2.05) is 24.3 Å². The number of carbonyl (C=O) groups is 1. The molecule has 0 saturated heterocycles. The van der Waals surface area contributed by atoms with Crippen LogP contribution >= 0.6 is 0 Å². The predicted molar refractivity (Wildman–Crippen MR) is 113 cm³/mol. The molecular weight excluding hydrogens is 384 g/mol. The number of rotatable bonds is 5. The summed E-state index contributed by atoms with van der Waals surface area (Å²) in [6.45, 7) is 1.70. The highest BCUT2D eigenvalue weighted by atomic mass is 16.5. The van der Waals surface area contributed by atoms with E-state index in [1.54, 1.807) is 36.9 Å². The maximum Gasteiger partial charge on any atom is 0.295 e. The minimum Gasteiger partial charge on any atom is -0.504 e. The molecule has 8 heteroatoms. The largest absolute Gasteiger partial charge is 0.504 e. The summed E-state index contributed by atoms with van der Waals surface area (Å²) in [7, 11) is 3.13. The number of hydrogen-bond acceptors (Lipinski definition) is 5. The Labute approximate surface area is 172 Å². The van der Waals surface area contributed by atoms with Gasteiger partial charge in [-0.3, -0.25) is 14.3 Å². The molecule has 0 unspecified atom stereocenters. The van der Waals surface area contributed by atoms with E-state index < -0.39 is 11.5 Å². The Morgan fingerprint density at radius 2 is 1.93 bits per heavy atom. The van der Waals surface area contributed by atoms with E-state index >= 15 is 0 Å². The van der Waals surface area contributed by atoms with Crippen LogP contribution in [0.25, 0.3) is 11.8 Å². The van der Waals surface area contributed by atoms with Crippen LogP contribution in [0.4, 0.5) is 5.69 Å². The van der Waals surface area contributed by atoms with Crippen molar-refractivity contribution in [3.05, 3.63) is 75.7 Å². The fraction of sp³-hybridized carbons (Fsp3) is 0.136. The standard InChI is InChI=1S/C22H20N4O4/c1-14-20(22(29)26(25(14)2)17-7-5-4-6-8-17)24-21(28)16(13-23)11-15-9-10-19(30-3)18(27)12-15/h4-12,27H,1-3H3,(H,24,28)/b16-11-. The zero-order chi connectivity index (χ0) is 21.8. The van der Waals surface area contributed by atoms with Crippen LogP contribution in [0.5, 0.6) is 11.5 Å². The lowest BCUT2D eigenvalue weighted by Gasteiger charge is -2.07. The van der Waals surface area contributed by atoms with Gasteiger partial charge in [0.25, 0.3) is 11.5 Å². The lowest BCUT2D eigenvalue weighted by molar-refractivity contribution is -0.112. The quantitative estimate of drug-likeness (QED) is 0.502. The normalized spacial score (nSPS) is 11.1. The minimum absolute atomic E-state index is 0.0880. The number of phenols is 1. The number of benzene rings is 2. The summed E-state index contributed by atoms with van der Waals surface area (Å²) in [5.41, 5.74) is 1.09. The van der Waals surface area contributed by atoms with Crippen LogP contribution in [0.2, 0.25) is 0 Å².